The molecule has 17 heavy (non-hydrogen) atoms. The van der Waals surface area contributed by atoms with Gasteiger partial charge in [0.15, 0.2) is 0 Å². The molecule has 0 heterocycles. The molecule has 0 aliphatic heterocycles. The van der Waals surface area contributed by atoms with E-state index in [1.165, 1.54) is 77.2 Å². The summed E-state index contributed by atoms with van der Waals surface area (Å²) in [6.45, 7) is 3.64. The molecule has 2 aliphatic rings. The van der Waals surface area contributed by atoms with Gasteiger partial charge in [0.1, 0.15) is 0 Å². The number of rotatable bonds is 6. The molecule has 2 saturated carbocycles. The van der Waals surface area contributed by atoms with E-state index in [-0.39, 0.29) is 0 Å². The molecule has 2 rings (SSSR count). The van der Waals surface area contributed by atoms with Crippen LogP contribution in [-0.4, -0.2) is 12.6 Å². The molecule has 0 aromatic heterocycles. The van der Waals surface area contributed by atoms with Gasteiger partial charge in [-0.1, -0.05) is 51.9 Å². The number of nitrogens with one attached hydrogen (secondary N) is 1. The average molecular weight is 237 g/mol. The highest BCUT2D eigenvalue weighted by Crippen LogP contribution is 2.29. The number of hydrogen-bond acceptors (Lipinski definition) is 1. The van der Waals surface area contributed by atoms with Gasteiger partial charge in [0.2, 0.25) is 0 Å². The van der Waals surface area contributed by atoms with E-state index in [9.17, 15) is 0 Å². The van der Waals surface area contributed by atoms with Crippen molar-refractivity contribution in [3.63, 3.8) is 0 Å². The summed E-state index contributed by atoms with van der Waals surface area (Å²) in [5.41, 5.74) is 0. The van der Waals surface area contributed by atoms with Gasteiger partial charge in [0.25, 0.3) is 0 Å². The van der Waals surface area contributed by atoms with Crippen LogP contribution in [0.3, 0.4) is 0 Å². The molecule has 2 fully saturated rings. The van der Waals surface area contributed by atoms with E-state index < -0.39 is 0 Å². The first-order valence-corrected chi connectivity index (χ1v) is 8.13. The van der Waals surface area contributed by atoms with E-state index >= 15 is 0 Å². The molecule has 2 unspecified atom stereocenters. The van der Waals surface area contributed by atoms with Crippen molar-refractivity contribution in [2.75, 3.05) is 6.54 Å². The molecule has 1 N–H and O–H groups in total. The second-order valence-corrected chi connectivity index (χ2v) is 6.31. The summed E-state index contributed by atoms with van der Waals surface area (Å²) in [5.74, 6) is 2.04. The second kappa shape index (κ2) is 7.41. The third kappa shape index (κ3) is 4.28. The van der Waals surface area contributed by atoms with Crippen molar-refractivity contribution in [2.24, 2.45) is 11.8 Å². The predicted octanol–water partition coefficient (Wildman–Crippen LogP) is 4.52. The highest BCUT2D eigenvalue weighted by atomic mass is 14.9. The Morgan fingerprint density at radius 3 is 2.41 bits per heavy atom. The lowest BCUT2D eigenvalue weighted by Gasteiger charge is -2.31. The minimum absolute atomic E-state index is 0.845. The Morgan fingerprint density at radius 1 is 0.941 bits per heavy atom. The summed E-state index contributed by atoms with van der Waals surface area (Å²) in [6.07, 6.45) is 16.1. The smallest absolute Gasteiger partial charge is 0.00952 e. The van der Waals surface area contributed by atoms with Gasteiger partial charge < -0.3 is 5.32 Å². The molecule has 0 bridgehead atoms. The van der Waals surface area contributed by atoms with Crippen LogP contribution in [0.1, 0.15) is 77.6 Å². The molecular formula is C16H31N. The Hall–Kier alpha value is -0.0400. The van der Waals surface area contributed by atoms with Crippen molar-refractivity contribution in [1.29, 1.82) is 0 Å². The van der Waals surface area contributed by atoms with Crippen LogP contribution in [-0.2, 0) is 0 Å². The maximum absolute atomic E-state index is 3.85. The van der Waals surface area contributed by atoms with Crippen LogP contribution in [0.4, 0.5) is 0 Å². The van der Waals surface area contributed by atoms with Crippen LogP contribution in [0.5, 0.6) is 0 Å². The highest BCUT2D eigenvalue weighted by Gasteiger charge is 2.22. The normalized spacial score (nSPS) is 30.9. The average Bonchev–Trinajstić information content (AvgIpc) is 2.88. The molecule has 0 aromatic rings. The van der Waals surface area contributed by atoms with Gasteiger partial charge in [-0.15, -0.1) is 0 Å². The van der Waals surface area contributed by atoms with Crippen molar-refractivity contribution < 1.29 is 0 Å². The lowest BCUT2D eigenvalue weighted by Crippen LogP contribution is -2.38. The monoisotopic (exact) mass is 237 g/mol. The van der Waals surface area contributed by atoms with Gasteiger partial charge >= 0.3 is 0 Å². The Bertz CT molecular complexity index is 196. The van der Waals surface area contributed by atoms with Crippen molar-refractivity contribution in [2.45, 2.75) is 83.6 Å². The first-order chi connectivity index (χ1) is 8.40. The maximum atomic E-state index is 3.85. The molecule has 0 amide bonds. The van der Waals surface area contributed by atoms with Crippen LogP contribution in [0, 0.1) is 11.8 Å². The highest BCUT2D eigenvalue weighted by molar-refractivity contribution is 4.80. The van der Waals surface area contributed by atoms with Crippen LogP contribution in [0.25, 0.3) is 0 Å². The van der Waals surface area contributed by atoms with Crippen molar-refractivity contribution in [3.8, 4) is 0 Å². The van der Waals surface area contributed by atoms with E-state index in [2.05, 4.69) is 12.2 Å². The van der Waals surface area contributed by atoms with Gasteiger partial charge in [-0.3, -0.25) is 0 Å². The van der Waals surface area contributed by atoms with E-state index in [0.717, 1.165) is 17.9 Å². The first kappa shape index (κ1) is 13.4. The molecule has 100 valence electrons. The fourth-order valence-corrected chi connectivity index (χ4v) is 3.94. The summed E-state index contributed by atoms with van der Waals surface area (Å²) in [4.78, 5) is 0. The van der Waals surface area contributed by atoms with Crippen molar-refractivity contribution in [1.82, 2.24) is 5.32 Å². The summed E-state index contributed by atoms with van der Waals surface area (Å²) >= 11 is 0. The molecule has 0 radical (unpaired) electrons. The first-order valence-electron chi connectivity index (χ1n) is 8.13. The van der Waals surface area contributed by atoms with Crippen LogP contribution >= 0.6 is 0 Å². The zero-order chi connectivity index (χ0) is 11.9. The standard InChI is InChI=1S/C16H31N/c1-2-15-11-5-6-12-16(15)17-13-7-10-14-8-3-4-9-14/h14-17H,2-13H2,1H3. The van der Waals surface area contributed by atoms with Crippen LogP contribution in [0.2, 0.25) is 0 Å². The largest absolute Gasteiger partial charge is 0.314 e. The lowest BCUT2D eigenvalue weighted by atomic mass is 9.83. The Balaban J connectivity index is 1.56. The fourth-order valence-electron chi connectivity index (χ4n) is 3.94. The van der Waals surface area contributed by atoms with Crippen molar-refractivity contribution >= 4 is 0 Å². The summed E-state index contributed by atoms with van der Waals surface area (Å²) in [5, 5.41) is 3.85. The third-order valence-corrected chi connectivity index (χ3v) is 5.10. The molecule has 2 atom stereocenters. The summed E-state index contributed by atoms with van der Waals surface area (Å²) in [7, 11) is 0. The Kier molecular flexibility index (Phi) is 5.84. The SMILES string of the molecule is CCC1CCCCC1NCCCC1CCCC1. The van der Waals surface area contributed by atoms with Crippen LogP contribution in [0.15, 0.2) is 0 Å². The molecule has 2 aliphatic carbocycles. The third-order valence-electron chi connectivity index (χ3n) is 5.10. The molecule has 0 aromatic carbocycles. The van der Waals surface area contributed by atoms with Crippen LogP contribution < -0.4 is 5.32 Å². The topological polar surface area (TPSA) is 12.0 Å². The van der Waals surface area contributed by atoms with E-state index in [0.29, 0.717) is 0 Å². The molecule has 1 nitrogen and oxygen atoms in total. The lowest BCUT2D eigenvalue weighted by molar-refractivity contribution is 0.253. The zero-order valence-corrected chi connectivity index (χ0v) is 11.7. The van der Waals surface area contributed by atoms with E-state index in [4.69, 9.17) is 0 Å². The van der Waals surface area contributed by atoms with Gasteiger partial charge in [0.05, 0.1) is 0 Å². The van der Waals surface area contributed by atoms with Crippen molar-refractivity contribution in [3.05, 3.63) is 0 Å². The Morgan fingerprint density at radius 2 is 1.65 bits per heavy atom. The number of hydrogen-bond donors (Lipinski definition) is 1. The minimum Gasteiger partial charge on any atom is -0.314 e. The molecule has 1 heteroatoms. The fraction of sp³-hybridized carbons (Fsp3) is 1.00. The summed E-state index contributed by atoms with van der Waals surface area (Å²) in [6, 6.07) is 0.845. The minimum atomic E-state index is 0.845. The zero-order valence-electron chi connectivity index (χ0n) is 11.7. The van der Waals surface area contributed by atoms with Gasteiger partial charge in [0, 0.05) is 6.04 Å². The molecular weight excluding hydrogens is 206 g/mol. The maximum Gasteiger partial charge on any atom is 0.00952 e. The molecule has 0 saturated heterocycles. The van der Waals surface area contributed by atoms with Gasteiger partial charge in [-0.2, -0.15) is 0 Å². The van der Waals surface area contributed by atoms with Gasteiger partial charge in [-0.05, 0) is 44.1 Å². The van der Waals surface area contributed by atoms with E-state index in [1.807, 2.05) is 0 Å². The quantitative estimate of drug-likeness (QED) is 0.670. The summed E-state index contributed by atoms with van der Waals surface area (Å²) < 4.78 is 0. The predicted molar refractivity (Wildman–Crippen MR) is 75.2 cm³/mol. The van der Waals surface area contributed by atoms with E-state index in [1.54, 1.807) is 0 Å². The van der Waals surface area contributed by atoms with Gasteiger partial charge in [-0.25, -0.2) is 0 Å². The second-order valence-electron chi connectivity index (χ2n) is 6.31. The molecule has 0 spiro atoms. The Labute approximate surface area is 108 Å².